The zero-order valence-electron chi connectivity index (χ0n) is 25.0. The molecular formula is C31H27ClF5N3O6S. The molecule has 250 valence electrons. The van der Waals surface area contributed by atoms with Crippen molar-refractivity contribution < 1.29 is 43.8 Å². The van der Waals surface area contributed by atoms with Crippen LogP contribution in [0.3, 0.4) is 0 Å². The first-order valence-corrected chi connectivity index (χ1v) is 15.9. The van der Waals surface area contributed by atoms with Crippen molar-refractivity contribution in [2.45, 2.75) is 51.1 Å². The van der Waals surface area contributed by atoms with Crippen molar-refractivity contribution in [1.29, 1.82) is 0 Å². The largest absolute Gasteiger partial charge is 0.534 e. The fraction of sp³-hybridized carbons (Fsp3) is 0.323. The summed E-state index contributed by atoms with van der Waals surface area (Å²) < 4.78 is 99.9. The SMILES string of the molecule is Cc1cc(C(C)Nc2ccc(Cl)nc2-c2ccc(OS(=O)(=O)C(F)(F)F)c(C=O)c2)c2oc(N3CCC(F)(F)CC3)c(C)c(=O)c2c1. The highest BCUT2D eigenvalue weighted by molar-refractivity contribution is 7.88. The van der Waals surface area contributed by atoms with Gasteiger partial charge in [-0.25, -0.2) is 13.8 Å². The van der Waals surface area contributed by atoms with Gasteiger partial charge in [-0.1, -0.05) is 17.7 Å². The number of halogens is 6. The first-order valence-electron chi connectivity index (χ1n) is 14.1. The second-order valence-corrected chi connectivity index (χ2v) is 13.1. The zero-order chi connectivity index (χ0) is 34.5. The van der Waals surface area contributed by atoms with Gasteiger partial charge in [0.2, 0.25) is 5.88 Å². The van der Waals surface area contributed by atoms with Gasteiger partial charge in [0.15, 0.2) is 17.5 Å². The summed E-state index contributed by atoms with van der Waals surface area (Å²) in [5, 5.41) is 3.60. The normalized spacial score (nSPS) is 15.8. The summed E-state index contributed by atoms with van der Waals surface area (Å²) in [7, 11) is -6.04. The Hall–Kier alpha value is -4.24. The van der Waals surface area contributed by atoms with Crippen LogP contribution >= 0.6 is 11.6 Å². The van der Waals surface area contributed by atoms with Crippen LogP contribution in [0.5, 0.6) is 5.75 Å². The molecule has 16 heteroatoms. The summed E-state index contributed by atoms with van der Waals surface area (Å²) in [5.74, 6) is -3.43. The highest BCUT2D eigenvalue weighted by Gasteiger charge is 2.48. The summed E-state index contributed by atoms with van der Waals surface area (Å²) in [4.78, 5) is 31.2. The first kappa shape index (κ1) is 34.1. The lowest BCUT2D eigenvalue weighted by atomic mass is 9.99. The van der Waals surface area contributed by atoms with Crippen molar-refractivity contribution in [3.8, 4) is 17.0 Å². The summed E-state index contributed by atoms with van der Waals surface area (Å²) in [6.07, 6.45) is -0.623. The molecule has 0 aliphatic carbocycles. The Balaban J connectivity index is 1.54. The number of carbonyl (C=O) groups is 1. The van der Waals surface area contributed by atoms with Gasteiger partial charge >= 0.3 is 15.6 Å². The van der Waals surface area contributed by atoms with Crippen molar-refractivity contribution >= 4 is 50.5 Å². The van der Waals surface area contributed by atoms with Crippen LogP contribution < -0.4 is 19.8 Å². The van der Waals surface area contributed by atoms with E-state index in [1.165, 1.54) is 12.1 Å². The number of pyridine rings is 1. The first-order chi connectivity index (χ1) is 21.9. The molecule has 1 atom stereocenters. The highest BCUT2D eigenvalue weighted by Crippen LogP contribution is 2.38. The number of aromatic nitrogens is 1. The van der Waals surface area contributed by atoms with E-state index in [1.54, 1.807) is 43.9 Å². The molecule has 2 aromatic heterocycles. The van der Waals surface area contributed by atoms with Crippen molar-refractivity contribution in [2.24, 2.45) is 0 Å². The standard InChI is InChI=1S/C31H27ClF5N3O6S/c1-16-12-21(28-22(13-16)27(42)17(2)29(45-28)40-10-8-30(33,34)9-11-40)18(3)38-23-5-7-25(32)39-26(23)19-4-6-24(20(14-19)15-41)46-47(43,44)31(35,36)37/h4-7,12-15,18,38H,8-11H2,1-3H3. The predicted molar refractivity (Wildman–Crippen MR) is 166 cm³/mol. The van der Waals surface area contributed by atoms with Crippen molar-refractivity contribution in [3.05, 3.63) is 80.1 Å². The monoisotopic (exact) mass is 699 g/mol. The number of nitrogens with zero attached hydrogens (tertiary/aromatic N) is 2. The van der Waals surface area contributed by atoms with Gasteiger partial charge in [-0.3, -0.25) is 9.59 Å². The lowest BCUT2D eigenvalue weighted by Gasteiger charge is -2.33. The van der Waals surface area contributed by atoms with E-state index in [2.05, 4.69) is 14.5 Å². The smallest absolute Gasteiger partial charge is 0.440 e. The van der Waals surface area contributed by atoms with Gasteiger partial charge in [0.25, 0.3) is 5.92 Å². The molecule has 5 rings (SSSR count). The van der Waals surface area contributed by atoms with Crippen LogP contribution in [-0.4, -0.2) is 44.2 Å². The number of alkyl halides is 5. The van der Waals surface area contributed by atoms with Crippen LogP contribution in [0, 0.1) is 13.8 Å². The summed E-state index contributed by atoms with van der Waals surface area (Å²) in [6.45, 7) is 5.16. The van der Waals surface area contributed by atoms with Gasteiger partial charge in [-0.2, -0.15) is 21.6 Å². The number of nitrogens with one attached hydrogen (secondary N) is 1. The third-order valence-corrected chi connectivity index (χ3v) is 8.92. The number of aryl methyl sites for hydroxylation is 1. The van der Waals surface area contributed by atoms with Crippen LogP contribution in [0.25, 0.3) is 22.2 Å². The molecule has 1 fully saturated rings. The molecule has 1 aliphatic heterocycles. The second-order valence-electron chi connectivity index (χ2n) is 11.2. The topological polar surface area (TPSA) is 119 Å². The number of hydrogen-bond donors (Lipinski definition) is 1. The quantitative estimate of drug-likeness (QED) is 0.0653. The molecule has 0 bridgehead atoms. The minimum Gasteiger partial charge on any atom is -0.440 e. The molecular weight excluding hydrogens is 673 g/mol. The van der Waals surface area contributed by atoms with E-state index >= 15 is 0 Å². The Morgan fingerprint density at radius 1 is 1.11 bits per heavy atom. The molecule has 9 nitrogen and oxygen atoms in total. The van der Waals surface area contributed by atoms with E-state index in [4.69, 9.17) is 16.0 Å². The lowest BCUT2D eigenvalue weighted by molar-refractivity contribution is -0.0500. The van der Waals surface area contributed by atoms with Crippen LogP contribution in [0.4, 0.5) is 33.5 Å². The molecule has 0 radical (unpaired) electrons. The van der Waals surface area contributed by atoms with E-state index in [1.807, 2.05) is 0 Å². The molecule has 0 spiro atoms. The van der Waals surface area contributed by atoms with Gasteiger partial charge < -0.3 is 18.8 Å². The molecule has 3 heterocycles. The summed E-state index contributed by atoms with van der Waals surface area (Å²) in [5.41, 5.74) is -4.00. The van der Waals surface area contributed by atoms with Crippen molar-refractivity contribution in [2.75, 3.05) is 23.3 Å². The third kappa shape index (κ3) is 6.91. The van der Waals surface area contributed by atoms with Gasteiger partial charge in [-0.15, -0.1) is 0 Å². The maximum Gasteiger partial charge on any atom is 0.534 e. The van der Waals surface area contributed by atoms with Crippen LogP contribution in [0.15, 0.2) is 51.7 Å². The van der Waals surface area contributed by atoms with E-state index in [0.717, 1.165) is 17.7 Å². The van der Waals surface area contributed by atoms with Crippen LogP contribution in [0.1, 0.15) is 52.9 Å². The van der Waals surface area contributed by atoms with E-state index < -0.39 is 38.9 Å². The number of fused-ring (bicyclic) bond motifs is 1. The number of carbonyl (C=O) groups excluding carboxylic acids is 1. The van der Waals surface area contributed by atoms with Gasteiger partial charge in [0.1, 0.15) is 10.7 Å². The Morgan fingerprint density at radius 2 is 1.79 bits per heavy atom. The lowest BCUT2D eigenvalue weighted by Crippen LogP contribution is -2.40. The zero-order valence-corrected chi connectivity index (χ0v) is 26.6. The van der Waals surface area contributed by atoms with Gasteiger partial charge in [0.05, 0.1) is 33.9 Å². The maximum absolute atomic E-state index is 13.9. The molecule has 0 amide bonds. The number of anilines is 2. The minimum atomic E-state index is -6.04. The Bertz CT molecular complexity index is 2040. The average molecular weight is 700 g/mol. The molecule has 1 unspecified atom stereocenters. The average Bonchev–Trinajstić information content (AvgIpc) is 2.99. The van der Waals surface area contributed by atoms with Crippen LogP contribution in [-0.2, 0) is 10.1 Å². The van der Waals surface area contributed by atoms with Crippen LogP contribution in [0.2, 0.25) is 5.15 Å². The molecule has 47 heavy (non-hydrogen) atoms. The van der Waals surface area contributed by atoms with E-state index in [9.17, 15) is 40.0 Å². The molecule has 2 aromatic carbocycles. The third-order valence-electron chi connectivity index (χ3n) is 7.74. The summed E-state index contributed by atoms with van der Waals surface area (Å²) >= 11 is 6.16. The second kappa shape index (κ2) is 12.4. The Kier molecular flexibility index (Phi) is 9.01. The van der Waals surface area contributed by atoms with E-state index in [-0.39, 0.29) is 65.5 Å². The van der Waals surface area contributed by atoms with E-state index in [0.29, 0.717) is 22.2 Å². The number of hydrogen-bond acceptors (Lipinski definition) is 9. The predicted octanol–water partition coefficient (Wildman–Crippen LogP) is 7.57. The molecule has 4 aromatic rings. The highest BCUT2D eigenvalue weighted by atomic mass is 35.5. The van der Waals surface area contributed by atoms with Crippen molar-refractivity contribution in [3.63, 3.8) is 0 Å². The summed E-state index contributed by atoms with van der Waals surface area (Å²) in [6, 6.07) is 9.12. The number of aldehydes is 1. The number of piperidine rings is 1. The van der Waals surface area contributed by atoms with Gasteiger partial charge in [0, 0.05) is 37.1 Å². The minimum absolute atomic E-state index is 0.00578. The molecule has 1 saturated heterocycles. The Labute approximate surface area is 270 Å². The fourth-order valence-electron chi connectivity index (χ4n) is 5.33. The number of benzene rings is 2. The number of rotatable bonds is 8. The fourth-order valence-corrected chi connectivity index (χ4v) is 5.96. The molecule has 1 aliphatic rings. The Morgan fingerprint density at radius 3 is 2.43 bits per heavy atom. The molecule has 1 N–H and O–H groups in total. The maximum atomic E-state index is 13.9. The van der Waals surface area contributed by atoms with Gasteiger partial charge in [-0.05, 0) is 62.7 Å². The van der Waals surface area contributed by atoms with Crippen molar-refractivity contribution in [1.82, 2.24) is 4.98 Å². The molecule has 0 saturated carbocycles.